The number of ether oxygens (including phenoxy) is 1. The second-order valence-electron chi connectivity index (χ2n) is 3.45. The van der Waals surface area contributed by atoms with Crippen LogP contribution in [0.5, 0.6) is 0 Å². The van der Waals surface area contributed by atoms with Crippen molar-refractivity contribution in [2.75, 3.05) is 20.3 Å². The van der Waals surface area contributed by atoms with E-state index in [0.717, 1.165) is 12.1 Å². The highest BCUT2D eigenvalue weighted by Gasteiger charge is 2.22. The van der Waals surface area contributed by atoms with Crippen molar-refractivity contribution in [2.24, 2.45) is 0 Å². The number of halogens is 3. The second kappa shape index (κ2) is 6.65. The van der Waals surface area contributed by atoms with Gasteiger partial charge in [0.1, 0.15) is 10.7 Å². The first-order valence-corrected chi connectivity index (χ1v) is 8.08. The fourth-order valence-electron chi connectivity index (χ4n) is 1.27. The Morgan fingerprint density at radius 3 is 2.68 bits per heavy atom. The fourth-order valence-corrected chi connectivity index (χ4v) is 3.54. The molecule has 0 atom stereocenters. The first-order chi connectivity index (χ1) is 8.77. The van der Waals surface area contributed by atoms with Gasteiger partial charge in [0.2, 0.25) is 0 Å². The quantitative estimate of drug-likeness (QED) is 0.631. The molecule has 0 aliphatic carbocycles. The summed E-state index contributed by atoms with van der Waals surface area (Å²) in [6.07, 6.45) is 0. The molecule has 106 valence electrons. The van der Waals surface area contributed by atoms with E-state index in [2.05, 4.69) is 21.2 Å². The third-order valence-corrected chi connectivity index (χ3v) is 4.57. The molecular formula is C10H10BrClFNO4S. The highest BCUT2D eigenvalue weighted by atomic mass is 79.9. The molecule has 5 nitrogen and oxygen atoms in total. The molecule has 9 heteroatoms. The van der Waals surface area contributed by atoms with Crippen molar-refractivity contribution in [3.8, 4) is 0 Å². The number of benzene rings is 1. The molecule has 0 aromatic heterocycles. The van der Waals surface area contributed by atoms with Crippen LogP contribution in [0.2, 0.25) is 0 Å². The second-order valence-corrected chi connectivity index (χ2v) is 6.78. The van der Waals surface area contributed by atoms with Crippen molar-refractivity contribution in [3.05, 3.63) is 28.0 Å². The Balaban J connectivity index is 3.15. The molecule has 1 amide bonds. The molecule has 0 radical (unpaired) electrons. The molecule has 1 N–H and O–H groups in total. The Morgan fingerprint density at radius 2 is 2.16 bits per heavy atom. The number of amides is 1. The van der Waals surface area contributed by atoms with E-state index in [9.17, 15) is 17.6 Å². The number of methoxy groups -OCH3 is 1. The Bertz CT molecular complexity index is 593. The highest BCUT2D eigenvalue weighted by molar-refractivity contribution is 9.10. The summed E-state index contributed by atoms with van der Waals surface area (Å²) in [5, 5.41) is 2.45. The molecule has 1 aromatic rings. The van der Waals surface area contributed by atoms with Gasteiger partial charge in [-0.05, 0) is 28.1 Å². The van der Waals surface area contributed by atoms with Crippen molar-refractivity contribution in [3.63, 3.8) is 0 Å². The molecular weight excluding hydrogens is 365 g/mol. The van der Waals surface area contributed by atoms with Crippen LogP contribution in [0.4, 0.5) is 4.39 Å². The minimum atomic E-state index is -4.16. The maximum Gasteiger partial charge on any atom is 0.262 e. The molecule has 0 aliphatic rings. The Hall–Kier alpha value is -0.700. The summed E-state index contributed by atoms with van der Waals surface area (Å²) in [5.41, 5.74) is -0.157. The topological polar surface area (TPSA) is 72.5 Å². The number of nitrogens with one attached hydrogen (secondary N) is 1. The monoisotopic (exact) mass is 373 g/mol. The van der Waals surface area contributed by atoms with E-state index in [0.29, 0.717) is 0 Å². The van der Waals surface area contributed by atoms with E-state index < -0.39 is 25.7 Å². The highest BCUT2D eigenvalue weighted by Crippen LogP contribution is 2.29. The predicted octanol–water partition coefficient (Wildman–Crippen LogP) is 1.89. The van der Waals surface area contributed by atoms with Gasteiger partial charge < -0.3 is 10.1 Å². The maximum absolute atomic E-state index is 13.3. The van der Waals surface area contributed by atoms with Gasteiger partial charge in [0.05, 0.1) is 16.6 Å². The summed E-state index contributed by atoms with van der Waals surface area (Å²) in [7, 11) is 2.47. The van der Waals surface area contributed by atoms with E-state index in [-0.39, 0.29) is 23.2 Å². The Morgan fingerprint density at radius 1 is 1.53 bits per heavy atom. The van der Waals surface area contributed by atoms with Gasteiger partial charge in [-0.2, -0.15) is 0 Å². The molecule has 0 spiro atoms. The Kier molecular flexibility index (Phi) is 5.72. The van der Waals surface area contributed by atoms with E-state index >= 15 is 0 Å². The van der Waals surface area contributed by atoms with Gasteiger partial charge in [0, 0.05) is 24.3 Å². The first kappa shape index (κ1) is 16.4. The van der Waals surface area contributed by atoms with E-state index in [1.807, 2.05) is 0 Å². The number of hydrogen-bond donors (Lipinski definition) is 1. The summed E-state index contributed by atoms with van der Waals surface area (Å²) in [6, 6.07) is 1.65. The zero-order chi connectivity index (χ0) is 14.6. The number of rotatable bonds is 5. The normalized spacial score (nSPS) is 11.4. The summed E-state index contributed by atoms with van der Waals surface area (Å²) in [4.78, 5) is 11.3. The molecule has 19 heavy (non-hydrogen) atoms. The Labute approximate surface area is 122 Å². The van der Waals surface area contributed by atoms with Gasteiger partial charge in [-0.3, -0.25) is 4.79 Å². The van der Waals surface area contributed by atoms with Gasteiger partial charge in [0.15, 0.2) is 0 Å². The lowest BCUT2D eigenvalue weighted by molar-refractivity contribution is 0.0935. The maximum atomic E-state index is 13.3. The molecule has 0 saturated heterocycles. The van der Waals surface area contributed by atoms with E-state index in [1.54, 1.807) is 0 Å². The number of carbonyl (C=O) groups excluding carboxylic acids is 1. The molecule has 1 aromatic carbocycles. The van der Waals surface area contributed by atoms with Gasteiger partial charge >= 0.3 is 0 Å². The van der Waals surface area contributed by atoms with Gasteiger partial charge in [0.25, 0.3) is 15.0 Å². The van der Waals surface area contributed by atoms with Crippen molar-refractivity contribution in [1.82, 2.24) is 5.32 Å². The van der Waals surface area contributed by atoms with Crippen LogP contribution in [0.3, 0.4) is 0 Å². The fraction of sp³-hybridized carbons (Fsp3) is 0.300. The van der Waals surface area contributed by atoms with Crippen LogP contribution < -0.4 is 5.32 Å². The third kappa shape index (κ3) is 4.41. The minimum Gasteiger partial charge on any atom is -0.383 e. The molecule has 0 bridgehead atoms. The van der Waals surface area contributed by atoms with Crippen molar-refractivity contribution in [1.29, 1.82) is 0 Å². The molecule has 0 heterocycles. The lowest BCUT2D eigenvalue weighted by Crippen LogP contribution is -2.27. The van der Waals surface area contributed by atoms with Gasteiger partial charge in [-0.15, -0.1) is 0 Å². The van der Waals surface area contributed by atoms with Crippen molar-refractivity contribution < 1.29 is 22.3 Å². The molecule has 0 saturated carbocycles. The molecule has 1 rings (SSSR count). The molecule has 0 aliphatic heterocycles. The number of hydrogen-bond acceptors (Lipinski definition) is 4. The summed E-state index contributed by atoms with van der Waals surface area (Å²) in [5.74, 6) is -1.51. The van der Waals surface area contributed by atoms with Crippen LogP contribution in [-0.4, -0.2) is 34.6 Å². The molecule has 0 fully saturated rings. The standard InChI is InChI=1S/C10H10BrClFNO4S/c1-18-3-2-14-10(15)7-4-6(13)5-8(9(7)11)19(12,16)17/h4-5H,2-3H2,1H3,(H,14,15). The first-order valence-electron chi connectivity index (χ1n) is 4.98. The van der Waals surface area contributed by atoms with Gasteiger partial charge in [-0.25, -0.2) is 12.8 Å². The zero-order valence-corrected chi connectivity index (χ0v) is 12.9. The van der Waals surface area contributed by atoms with E-state index in [4.69, 9.17) is 15.4 Å². The van der Waals surface area contributed by atoms with Crippen LogP contribution in [0.25, 0.3) is 0 Å². The lowest BCUT2D eigenvalue weighted by Gasteiger charge is -2.09. The SMILES string of the molecule is COCCNC(=O)c1cc(F)cc(S(=O)(=O)Cl)c1Br. The average molecular weight is 375 g/mol. The van der Waals surface area contributed by atoms with Crippen LogP contribution in [-0.2, 0) is 13.8 Å². The smallest absolute Gasteiger partial charge is 0.262 e. The molecule has 0 unspecified atom stereocenters. The zero-order valence-electron chi connectivity index (χ0n) is 9.74. The van der Waals surface area contributed by atoms with Gasteiger partial charge in [-0.1, -0.05) is 0 Å². The average Bonchev–Trinajstić information content (AvgIpc) is 2.30. The lowest BCUT2D eigenvalue weighted by atomic mass is 10.2. The summed E-state index contributed by atoms with van der Waals surface area (Å²) < 4.78 is 40.5. The van der Waals surface area contributed by atoms with Crippen LogP contribution in [0, 0.1) is 5.82 Å². The predicted molar refractivity (Wildman–Crippen MR) is 71.3 cm³/mol. The van der Waals surface area contributed by atoms with Crippen LogP contribution in [0.1, 0.15) is 10.4 Å². The largest absolute Gasteiger partial charge is 0.383 e. The summed E-state index contributed by atoms with van der Waals surface area (Å²) >= 11 is 2.94. The third-order valence-electron chi connectivity index (χ3n) is 2.10. The van der Waals surface area contributed by atoms with E-state index in [1.165, 1.54) is 7.11 Å². The summed E-state index contributed by atoms with van der Waals surface area (Å²) in [6.45, 7) is 0.487. The van der Waals surface area contributed by atoms with Crippen LogP contribution in [0.15, 0.2) is 21.5 Å². The van der Waals surface area contributed by atoms with Crippen molar-refractivity contribution >= 4 is 41.6 Å². The number of carbonyl (C=O) groups is 1. The van der Waals surface area contributed by atoms with Crippen LogP contribution >= 0.6 is 26.6 Å². The minimum absolute atomic E-state index is 0.0844. The van der Waals surface area contributed by atoms with Crippen molar-refractivity contribution in [2.45, 2.75) is 4.90 Å².